The molecule has 1 atom stereocenters. The zero-order chi connectivity index (χ0) is 29.7. The molecule has 6 rings (SSSR count). The number of allylic oxidation sites excluding steroid dienone is 1. The molecule has 2 aromatic heterocycles. The van der Waals surface area contributed by atoms with Crippen molar-refractivity contribution >= 4 is 50.1 Å². The minimum atomic E-state index is -0.661. The van der Waals surface area contributed by atoms with Gasteiger partial charge in [-0.25, -0.2) is 9.79 Å². The van der Waals surface area contributed by atoms with Crippen LogP contribution in [0, 0.1) is 20.8 Å². The molecule has 212 valence electrons. The quantitative estimate of drug-likeness (QED) is 0.208. The van der Waals surface area contributed by atoms with E-state index in [1.54, 1.807) is 11.5 Å². The van der Waals surface area contributed by atoms with Crippen LogP contribution in [0.1, 0.15) is 48.0 Å². The van der Waals surface area contributed by atoms with Gasteiger partial charge >= 0.3 is 5.97 Å². The summed E-state index contributed by atoms with van der Waals surface area (Å²) in [4.78, 5) is 32.9. The number of hydrogen-bond acceptors (Lipinski definition) is 5. The van der Waals surface area contributed by atoms with Crippen LogP contribution in [-0.4, -0.2) is 21.7 Å². The molecule has 1 aliphatic rings. The number of carbonyl (C=O) groups excluding carboxylic acids is 1. The second-order valence-electron chi connectivity index (χ2n) is 10.5. The third kappa shape index (κ3) is 4.68. The maximum absolute atomic E-state index is 14.2. The number of fused-ring (bicyclic) bond motifs is 2. The summed E-state index contributed by atoms with van der Waals surface area (Å²) in [6, 6.07) is 21.7. The van der Waals surface area contributed by atoms with E-state index in [2.05, 4.69) is 65.5 Å². The Hall–Kier alpha value is -4.01. The molecular weight excluding hydrogens is 610 g/mol. The molecule has 0 radical (unpaired) electrons. The zero-order valence-electron chi connectivity index (χ0n) is 24.1. The number of thiazole rings is 1. The largest absolute Gasteiger partial charge is 0.463 e. The molecule has 0 fully saturated rings. The van der Waals surface area contributed by atoms with E-state index in [1.165, 1.54) is 16.9 Å². The van der Waals surface area contributed by atoms with Gasteiger partial charge in [0, 0.05) is 21.5 Å². The van der Waals surface area contributed by atoms with Crippen LogP contribution in [0.2, 0.25) is 0 Å². The normalized spacial score (nSPS) is 15.2. The number of esters is 1. The molecule has 0 spiro atoms. The van der Waals surface area contributed by atoms with Crippen molar-refractivity contribution in [1.29, 1.82) is 0 Å². The van der Waals surface area contributed by atoms with Crippen LogP contribution < -0.4 is 14.9 Å². The predicted octanol–water partition coefficient (Wildman–Crippen LogP) is 6.43. The zero-order valence-corrected chi connectivity index (χ0v) is 26.5. The van der Waals surface area contributed by atoms with Crippen molar-refractivity contribution in [1.82, 2.24) is 9.13 Å². The summed E-state index contributed by atoms with van der Waals surface area (Å²) < 4.78 is 10.9. The molecule has 3 aromatic carbocycles. The first kappa shape index (κ1) is 28.1. The molecule has 0 saturated heterocycles. The molecule has 0 N–H and O–H groups in total. The van der Waals surface area contributed by atoms with Gasteiger partial charge in [-0.1, -0.05) is 75.8 Å². The third-order valence-corrected chi connectivity index (χ3v) is 9.64. The van der Waals surface area contributed by atoms with E-state index in [-0.39, 0.29) is 12.2 Å². The monoisotopic (exact) mass is 639 g/mol. The molecule has 42 heavy (non-hydrogen) atoms. The SMILES string of the molecule is CCOC(=O)C1=C(C)N=c2s/c(=C/c3cc(C)n(-c4ccc(C)c(Br)c4)c3C)c(=O)n2[C@H]1c1cccc2ccccc12. The first-order valence-electron chi connectivity index (χ1n) is 13.8. The first-order chi connectivity index (χ1) is 20.2. The smallest absolute Gasteiger partial charge is 0.338 e. The Balaban J connectivity index is 1.56. The second-order valence-corrected chi connectivity index (χ2v) is 12.3. The molecule has 0 aliphatic carbocycles. The standard InChI is InChI=1S/C34H30BrN3O3S/c1-6-41-33(40)30-21(4)36-34-38(31(30)27-13-9-11-23-10-7-8-12-26(23)27)32(39)29(42-34)17-24-16-20(3)37(22(24)5)25-15-14-19(2)28(35)18-25/h7-18,31H,6H2,1-5H3/b29-17+/t31-/m0/s1. The van der Waals surface area contributed by atoms with Crippen LogP contribution in [0.15, 0.2) is 92.3 Å². The summed E-state index contributed by atoms with van der Waals surface area (Å²) in [5.41, 5.74) is 6.89. The molecule has 0 unspecified atom stereocenters. The van der Waals surface area contributed by atoms with Crippen molar-refractivity contribution in [2.45, 2.75) is 40.7 Å². The molecule has 1 aliphatic heterocycles. The number of rotatable bonds is 5. The Labute approximate surface area is 256 Å². The van der Waals surface area contributed by atoms with E-state index in [9.17, 15) is 9.59 Å². The summed E-state index contributed by atoms with van der Waals surface area (Å²) in [5, 5.41) is 2.01. The lowest BCUT2D eigenvalue weighted by Crippen LogP contribution is -2.40. The first-order valence-corrected chi connectivity index (χ1v) is 15.4. The molecule has 5 aromatic rings. The van der Waals surface area contributed by atoms with Crippen LogP contribution in [0.5, 0.6) is 0 Å². The number of hydrogen-bond donors (Lipinski definition) is 0. The number of carbonyl (C=O) groups is 1. The van der Waals surface area contributed by atoms with Crippen LogP contribution in [0.4, 0.5) is 0 Å². The lowest BCUT2D eigenvalue weighted by atomic mass is 9.91. The fourth-order valence-electron chi connectivity index (χ4n) is 5.77. The average molecular weight is 641 g/mol. The van der Waals surface area contributed by atoms with E-state index in [0.717, 1.165) is 43.4 Å². The highest BCUT2D eigenvalue weighted by Gasteiger charge is 2.34. The number of halogens is 1. The van der Waals surface area contributed by atoms with Crippen molar-refractivity contribution in [3.63, 3.8) is 0 Å². The van der Waals surface area contributed by atoms with Gasteiger partial charge in [0.15, 0.2) is 4.80 Å². The summed E-state index contributed by atoms with van der Waals surface area (Å²) in [6.07, 6.45) is 1.94. The van der Waals surface area contributed by atoms with E-state index >= 15 is 0 Å². The highest BCUT2D eigenvalue weighted by Crippen LogP contribution is 2.35. The molecule has 3 heterocycles. The van der Waals surface area contributed by atoms with Gasteiger partial charge in [-0.3, -0.25) is 9.36 Å². The number of aryl methyl sites for hydroxylation is 2. The van der Waals surface area contributed by atoms with E-state index in [0.29, 0.717) is 20.6 Å². The van der Waals surface area contributed by atoms with Crippen molar-refractivity contribution in [2.75, 3.05) is 6.61 Å². The van der Waals surface area contributed by atoms with Gasteiger partial charge in [0.25, 0.3) is 5.56 Å². The average Bonchev–Trinajstić information content (AvgIpc) is 3.42. The molecule has 0 amide bonds. The van der Waals surface area contributed by atoms with E-state index in [4.69, 9.17) is 9.73 Å². The molecule has 6 nitrogen and oxygen atoms in total. The van der Waals surface area contributed by atoms with E-state index in [1.807, 2.05) is 55.5 Å². The van der Waals surface area contributed by atoms with Crippen LogP contribution in [0.3, 0.4) is 0 Å². The predicted molar refractivity (Wildman–Crippen MR) is 172 cm³/mol. The summed E-state index contributed by atoms with van der Waals surface area (Å²) in [6.45, 7) is 10.0. The highest BCUT2D eigenvalue weighted by molar-refractivity contribution is 9.10. The van der Waals surface area contributed by atoms with Crippen molar-refractivity contribution in [3.05, 3.63) is 130 Å². The molecular formula is C34H30BrN3O3S. The van der Waals surface area contributed by atoms with E-state index < -0.39 is 12.0 Å². The van der Waals surface area contributed by atoms with Crippen LogP contribution in [0.25, 0.3) is 22.5 Å². The number of aromatic nitrogens is 2. The maximum atomic E-state index is 14.2. The lowest BCUT2D eigenvalue weighted by Gasteiger charge is -2.25. The number of ether oxygens (including phenoxy) is 1. The third-order valence-electron chi connectivity index (χ3n) is 7.81. The van der Waals surface area contributed by atoms with Gasteiger partial charge in [-0.2, -0.15) is 0 Å². The summed E-state index contributed by atoms with van der Waals surface area (Å²) >= 11 is 4.99. The van der Waals surface area contributed by atoms with Crippen molar-refractivity contribution < 1.29 is 9.53 Å². The summed E-state index contributed by atoms with van der Waals surface area (Å²) in [7, 11) is 0. The summed E-state index contributed by atoms with van der Waals surface area (Å²) in [5.74, 6) is -0.459. The lowest BCUT2D eigenvalue weighted by molar-refractivity contribution is -0.139. The van der Waals surface area contributed by atoms with Gasteiger partial charge in [-0.05, 0) is 86.4 Å². The Morgan fingerprint density at radius 1 is 1.05 bits per heavy atom. The molecule has 8 heteroatoms. The van der Waals surface area contributed by atoms with Crippen molar-refractivity contribution in [2.24, 2.45) is 4.99 Å². The minimum absolute atomic E-state index is 0.186. The second kappa shape index (κ2) is 11.0. The fraction of sp³-hybridized carbons (Fsp3) is 0.206. The van der Waals surface area contributed by atoms with Gasteiger partial charge in [-0.15, -0.1) is 0 Å². The topological polar surface area (TPSA) is 65.6 Å². The Morgan fingerprint density at radius 2 is 1.81 bits per heavy atom. The Morgan fingerprint density at radius 3 is 2.57 bits per heavy atom. The molecule has 0 saturated carbocycles. The molecule has 0 bridgehead atoms. The fourth-order valence-corrected chi connectivity index (χ4v) is 7.17. The highest BCUT2D eigenvalue weighted by atomic mass is 79.9. The van der Waals surface area contributed by atoms with Gasteiger partial charge in [0.05, 0.1) is 28.5 Å². The van der Waals surface area contributed by atoms with Crippen LogP contribution >= 0.6 is 27.3 Å². The van der Waals surface area contributed by atoms with Gasteiger partial charge in [0.2, 0.25) is 0 Å². The van der Waals surface area contributed by atoms with Crippen LogP contribution in [-0.2, 0) is 9.53 Å². The van der Waals surface area contributed by atoms with Gasteiger partial charge in [0.1, 0.15) is 0 Å². The Kier molecular flexibility index (Phi) is 7.37. The van der Waals surface area contributed by atoms with Crippen molar-refractivity contribution in [3.8, 4) is 5.69 Å². The Bertz CT molecular complexity index is 2110. The maximum Gasteiger partial charge on any atom is 0.338 e. The van der Waals surface area contributed by atoms with Gasteiger partial charge < -0.3 is 9.30 Å². The number of benzene rings is 3. The number of nitrogens with zero attached hydrogens (tertiary/aromatic N) is 3. The minimum Gasteiger partial charge on any atom is -0.463 e.